The number of aliphatic hydroxyl groups is 6. The number of alkyl carbamates (subject to hydrolysis) is 1. The van der Waals surface area contributed by atoms with Gasteiger partial charge in [0.15, 0.2) is 12.1 Å². The molecule has 2 rings (SSSR count). The SMILES string of the molecule is COCCOCCOCC(NC(=O)OCCOC)C(=O)NCC(=O)N[C@H]1C([C@H](O)[C@H](O)CO)O[C@](C)(OCC2O[C@H](OC(C(C)C)C(C)C)C(NC(C)=O)[C@@H](O)[C@H]2O)C[C@H]1O. The van der Waals surface area contributed by atoms with Gasteiger partial charge in [-0.2, -0.15) is 0 Å². The van der Waals surface area contributed by atoms with E-state index in [0.29, 0.717) is 13.2 Å². The quantitative estimate of drug-likeness (QED) is 0.0354. The Morgan fingerprint density at radius 2 is 1.48 bits per heavy atom. The number of aliphatic hydroxyl groups excluding tert-OH is 6. The third kappa shape index (κ3) is 18.0. The summed E-state index contributed by atoms with van der Waals surface area (Å²) in [7, 11) is 2.93. The van der Waals surface area contributed by atoms with Crippen molar-refractivity contribution in [1.82, 2.24) is 21.3 Å². The Hall–Kier alpha value is -2.88. The van der Waals surface area contributed by atoms with Gasteiger partial charge in [-0.05, 0) is 18.8 Å². The molecule has 0 aromatic rings. The van der Waals surface area contributed by atoms with Crippen LogP contribution < -0.4 is 21.3 Å². The first kappa shape index (κ1) is 54.3. The third-order valence-electron chi connectivity index (χ3n) is 9.85. The van der Waals surface area contributed by atoms with Gasteiger partial charge in [-0.15, -0.1) is 0 Å². The Labute approximate surface area is 356 Å². The van der Waals surface area contributed by atoms with Crippen LogP contribution in [-0.4, -0.2) is 214 Å². The van der Waals surface area contributed by atoms with Gasteiger partial charge < -0.3 is 94.5 Å². The highest BCUT2D eigenvalue weighted by Crippen LogP contribution is 2.34. The minimum atomic E-state index is -1.91. The molecule has 0 saturated carbocycles. The van der Waals surface area contributed by atoms with E-state index in [9.17, 15) is 49.8 Å². The number of ether oxygens (including phenoxy) is 9. The predicted octanol–water partition coefficient (Wildman–Crippen LogP) is -3.75. The summed E-state index contributed by atoms with van der Waals surface area (Å²) in [5, 5.41) is 74.4. The molecule has 0 aromatic heterocycles. The Morgan fingerprint density at radius 1 is 0.852 bits per heavy atom. The Morgan fingerprint density at radius 3 is 2.08 bits per heavy atom. The molecule has 0 spiro atoms. The molecular formula is C38H70N4O19. The zero-order chi connectivity index (χ0) is 45.9. The predicted molar refractivity (Wildman–Crippen MR) is 210 cm³/mol. The Bertz CT molecular complexity index is 1310. The maximum absolute atomic E-state index is 13.2. The summed E-state index contributed by atoms with van der Waals surface area (Å²) in [6, 6.07) is -3.91. The zero-order valence-electron chi connectivity index (χ0n) is 36.4. The van der Waals surface area contributed by atoms with E-state index in [1.165, 1.54) is 28.1 Å². The van der Waals surface area contributed by atoms with E-state index in [1.807, 2.05) is 27.7 Å². The summed E-state index contributed by atoms with van der Waals surface area (Å²) >= 11 is 0. The molecule has 23 heteroatoms. The van der Waals surface area contributed by atoms with Crippen LogP contribution in [0.4, 0.5) is 4.79 Å². The molecule has 356 valence electrons. The lowest BCUT2D eigenvalue weighted by Crippen LogP contribution is -2.67. The average molecular weight is 887 g/mol. The first-order valence-electron chi connectivity index (χ1n) is 20.3. The van der Waals surface area contributed by atoms with E-state index < -0.39 is 117 Å². The molecule has 61 heavy (non-hydrogen) atoms. The van der Waals surface area contributed by atoms with Gasteiger partial charge in [0.25, 0.3) is 0 Å². The molecule has 23 nitrogen and oxygen atoms in total. The van der Waals surface area contributed by atoms with E-state index in [2.05, 4.69) is 21.3 Å². The maximum atomic E-state index is 13.2. The normalized spacial score (nSPS) is 28.3. The van der Waals surface area contributed by atoms with Gasteiger partial charge in [0.05, 0.1) is 77.6 Å². The van der Waals surface area contributed by atoms with Crippen LogP contribution in [0, 0.1) is 11.8 Å². The maximum Gasteiger partial charge on any atom is 0.407 e. The topological polar surface area (TPSA) is 321 Å². The van der Waals surface area contributed by atoms with Crippen LogP contribution in [0.25, 0.3) is 0 Å². The van der Waals surface area contributed by atoms with Crippen LogP contribution in [0.15, 0.2) is 0 Å². The summed E-state index contributed by atoms with van der Waals surface area (Å²) in [4.78, 5) is 50.7. The van der Waals surface area contributed by atoms with Crippen molar-refractivity contribution in [2.24, 2.45) is 11.8 Å². The van der Waals surface area contributed by atoms with Crippen molar-refractivity contribution in [3.8, 4) is 0 Å². The van der Waals surface area contributed by atoms with E-state index >= 15 is 0 Å². The number of hydrogen-bond acceptors (Lipinski definition) is 19. The first-order valence-corrected chi connectivity index (χ1v) is 20.3. The standard InChI is InChI=1S/C38H70N4O19/c1-20(2)33(21(3)4)60-36-29(40-22(5)44)32(50)31(49)26(59-36)19-58-38(6)15-24(45)28(34(61-38)30(48)25(46)17-43)42-27(47)16-39-35(51)23(41-37(52)57-14-10-54-8)18-56-13-12-55-11-9-53-7/h20-21,23-26,28-34,36,43,45-46,48-50H,9-19H2,1-8H3,(H,39,51)(H,40,44)(H,41,52)(H,42,47)/t23?,24-,25-,26?,28-,29?,30-,31+,32-,34?,36-,38+/m1/s1. The lowest BCUT2D eigenvalue weighted by molar-refractivity contribution is -0.336. The van der Waals surface area contributed by atoms with Crippen LogP contribution >= 0.6 is 0 Å². The molecular weight excluding hydrogens is 816 g/mol. The zero-order valence-corrected chi connectivity index (χ0v) is 36.4. The molecule has 2 aliphatic rings. The van der Waals surface area contributed by atoms with E-state index in [0.717, 1.165) is 0 Å². The molecule has 4 unspecified atom stereocenters. The molecule has 2 aliphatic heterocycles. The van der Waals surface area contributed by atoms with Crippen molar-refractivity contribution in [1.29, 1.82) is 0 Å². The fraction of sp³-hybridized carbons (Fsp3) is 0.895. The molecule has 2 saturated heterocycles. The number of amides is 4. The number of rotatable bonds is 27. The van der Waals surface area contributed by atoms with Crippen LogP contribution in [0.3, 0.4) is 0 Å². The molecule has 2 heterocycles. The summed E-state index contributed by atoms with van der Waals surface area (Å²) in [5.41, 5.74) is 0. The molecule has 4 amide bonds. The van der Waals surface area contributed by atoms with Crippen molar-refractivity contribution in [3.05, 3.63) is 0 Å². The van der Waals surface area contributed by atoms with Crippen molar-refractivity contribution >= 4 is 23.8 Å². The van der Waals surface area contributed by atoms with Crippen molar-refractivity contribution in [2.45, 2.75) is 127 Å². The van der Waals surface area contributed by atoms with Crippen LogP contribution in [0.2, 0.25) is 0 Å². The second-order valence-electron chi connectivity index (χ2n) is 15.7. The van der Waals surface area contributed by atoms with Gasteiger partial charge in [0.2, 0.25) is 17.7 Å². The minimum absolute atomic E-state index is 0.0109. The highest BCUT2D eigenvalue weighted by molar-refractivity contribution is 5.89. The molecule has 2 fully saturated rings. The molecule has 12 atom stereocenters. The smallest absolute Gasteiger partial charge is 0.407 e. The highest BCUT2D eigenvalue weighted by Gasteiger charge is 2.52. The van der Waals surface area contributed by atoms with Gasteiger partial charge in [-0.1, -0.05) is 27.7 Å². The number of methoxy groups -OCH3 is 2. The fourth-order valence-corrected chi connectivity index (χ4v) is 6.76. The average Bonchev–Trinajstić information content (AvgIpc) is 3.20. The van der Waals surface area contributed by atoms with Crippen molar-refractivity contribution < 1.29 is 92.4 Å². The Balaban J connectivity index is 2.17. The van der Waals surface area contributed by atoms with Gasteiger partial charge in [-0.25, -0.2) is 4.79 Å². The molecule has 0 bridgehead atoms. The Kier molecular flexibility index (Phi) is 24.3. The monoisotopic (exact) mass is 886 g/mol. The van der Waals surface area contributed by atoms with Crippen molar-refractivity contribution in [2.75, 3.05) is 80.2 Å². The van der Waals surface area contributed by atoms with Gasteiger partial charge >= 0.3 is 6.09 Å². The van der Waals surface area contributed by atoms with Gasteiger partial charge in [0.1, 0.15) is 55.3 Å². The fourth-order valence-electron chi connectivity index (χ4n) is 6.76. The van der Waals surface area contributed by atoms with E-state index in [1.54, 1.807) is 0 Å². The second-order valence-corrected chi connectivity index (χ2v) is 15.7. The first-order chi connectivity index (χ1) is 28.8. The number of carbonyl (C=O) groups excluding carboxylic acids is 4. The molecule has 0 aromatic carbocycles. The second kappa shape index (κ2) is 27.3. The van der Waals surface area contributed by atoms with Crippen LogP contribution in [0.5, 0.6) is 0 Å². The van der Waals surface area contributed by atoms with Crippen LogP contribution in [0.1, 0.15) is 48.0 Å². The molecule has 0 radical (unpaired) electrons. The number of hydrogen-bond donors (Lipinski definition) is 10. The number of carbonyl (C=O) groups is 4. The molecule has 10 N–H and O–H groups in total. The molecule has 0 aliphatic carbocycles. The highest BCUT2D eigenvalue weighted by atomic mass is 16.7. The summed E-state index contributed by atoms with van der Waals surface area (Å²) in [6.45, 7) is 8.83. The summed E-state index contributed by atoms with van der Waals surface area (Å²) in [5.74, 6) is -4.00. The lowest BCUT2D eigenvalue weighted by Gasteiger charge is -2.48. The minimum Gasteiger partial charge on any atom is -0.447 e. The van der Waals surface area contributed by atoms with Crippen LogP contribution in [-0.2, 0) is 57.0 Å². The van der Waals surface area contributed by atoms with E-state index in [-0.39, 0.29) is 57.4 Å². The summed E-state index contributed by atoms with van der Waals surface area (Å²) in [6.07, 6.45) is -14.2. The third-order valence-corrected chi connectivity index (χ3v) is 9.85. The summed E-state index contributed by atoms with van der Waals surface area (Å²) < 4.78 is 49.9. The lowest BCUT2D eigenvalue weighted by atomic mass is 9.89. The largest absolute Gasteiger partial charge is 0.447 e. The van der Waals surface area contributed by atoms with E-state index in [4.69, 9.17) is 42.6 Å². The van der Waals surface area contributed by atoms with Crippen molar-refractivity contribution in [3.63, 3.8) is 0 Å². The number of nitrogens with one attached hydrogen (secondary N) is 4. The van der Waals surface area contributed by atoms with Gasteiger partial charge in [-0.3, -0.25) is 14.4 Å². The van der Waals surface area contributed by atoms with Gasteiger partial charge in [0, 0.05) is 27.6 Å².